The molecule has 0 saturated heterocycles. The number of hydrogen-bond donors (Lipinski definition) is 2. The van der Waals surface area contributed by atoms with Gasteiger partial charge in [0, 0.05) is 17.7 Å². The monoisotopic (exact) mass is 241 g/mol. The number of hydrogen-bond acceptors (Lipinski definition) is 3. The van der Waals surface area contributed by atoms with Crippen LogP contribution in [0.3, 0.4) is 0 Å². The molecule has 1 unspecified atom stereocenters. The quantitative estimate of drug-likeness (QED) is 0.801. The van der Waals surface area contributed by atoms with Gasteiger partial charge in [-0.1, -0.05) is 13.0 Å². The van der Waals surface area contributed by atoms with E-state index >= 15 is 0 Å². The molecule has 1 aromatic carbocycles. The van der Waals surface area contributed by atoms with E-state index in [1.165, 1.54) is 13.2 Å². The third-order valence-electron chi connectivity index (χ3n) is 2.93. The summed E-state index contributed by atoms with van der Waals surface area (Å²) in [6.07, 6.45) is 0.429. The molecule has 0 amide bonds. The van der Waals surface area contributed by atoms with Crippen LogP contribution in [-0.2, 0) is 5.54 Å². The maximum atomic E-state index is 14.0. The number of aliphatic hydroxyl groups excluding tert-OH is 1. The molecule has 0 bridgehead atoms. The highest BCUT2D eigenvalue weighted by Gasteiger charge is 2.31. The number of methoxy groups -OCH3 is 1. The van der Waals surface area contributed by atoms with Gasteiger partial charge in [-0.15, -0.1) is 0 Å². The molecule has 1 atom stereocenters. The molecule has 96 valence electrons. The van der Waals surface area contributed by atoms with Crippen molar-refractivity contribution in [2.75, 3.05) is 20.3 Å². The number of rotatable bonds is 6. The summed E-state index contributed by atoms with van der Waals surface area (Å²) in [5.41, 5.74) is -0.154. The van der Waals surface area contributed by atoms with Gasteiger partial charge >= 0.3 is 0 Å². The minimum atomic E-state index is -0.625. The molecule has 0 fully saturated rings. The average molecular weight is 241 g/mol. The van der Waals surface area contributed by atoms with Gasteiger partial charge in [0.15, 0.2) is 0 Å². The van der Waals surface area contributed by atoms with E-state index in [1.807, 2.05) is 13.8 Å². The highest BCUT2D eigenvalue weighted by Crippen LogP contribution is 2.34. The number of benzene rings is 1. The summed E-state index contributed by atoms with van der Waals surface area (Å²) in [5, 5.41) is 12.4. The van der Waals surface area contributed by atoms with Crippen LogP contribution in [0.5, 0.6) is 5.75 Å². The fourth-order valence-corrected chi connectivity index (χ4v) is 2.13. The Morgan fingerprint density at radius 2 is 2.18 bits per heavy atom. The Morgan fingerprint density at radius 3 is 2.71 bits per heavy atom. The van der Waals surface area contributed by atoms with Crippen molar-refractivity contribution in [1.29, 1.82) is 0 Å². The predicted molar refractivity (Wildman–Crippen MR) is 65.7 cm³/mol. The van der Waals surface area contributed by atoms with Gasteiger partial charge < -0.3 is 15.2 Å². The Hall–Kier alpha value is -1.13. The molecule has 2 N–H and O–H groups in total. The average Bonchev–Trinajstić information content (AvgIpc) is 2.29. The molecular weight excluding hydrogens is 221 g/mol. The lowest BCUT2D eigenvalue weighted by Crippen LogP contribution is -2.41. The molecule has 1 rings (SSSR count). The van der Waals surface area contributed by atoms with Crippen molar-refractivity contribution in [1.82, 2.24) is 5.32 Å². The molecule has 0 saturated carbocycles. The van der Waals surface area contributed by atoms with Gasteiger partial charge in [0.1, 0.15) is 11.6 Å². The lowest BCUT2D eigenvalue weighted by atomic mass is 9.87. The maximum Gasteiger partial charge on any atom is 0.131 e. The highest BCUT2D eigenvalue weighted by molar-refractivity contribution is 5.40. The number of aliphatic hydroxyl groups is 1. The van der Waals surface area contributed by atoms with E-state index in [0.717, 1.165) is 0 Å². The van der Waals surface area contributed by atoms with Gasteiger partial charge in [0.05, 0.1) is 7.11 Å². The van der Waals surface area contributed by atoms with E-state index in [4.69, 9.17) is 9.84 Å². The second-order valence-electron chi connectivity index (χ2n) is 4.15. The van der Waals surface area contributed by atoms with Crippen molar-refractivity contribution in [3.05, 3.63) is 29.6 Å². The third-order valence-corrected chi connectivity index (χ3v) is 2.93. The lowest BCUT2D eigenvalue weighted by molar-refractivity contribution is 0.215. The molecule has 0 aliphatic heterocycles. The first-order valence-corrected chi connectivity index (χ1v) is 5.78. The van der Waals surface area contributed by atoms with Crippen LogP contribution < -0.4 is 10.1 Å². The van der Waals surface area contributed by atoms with Crippen LogP contribution >= 0.6 is 0 Å². The van der Waals surface area contributed by atoms with Gasteiger partial charge in [0.2, 0.25) is 0 Å². The zero-order valence-electron chi connectivity index (χ0n) is 10.6. The van der Waals surface area contributed by atoms with Crippen molar-refractivity contribution in [2.24, 2.45) is 0 Å². The first-order valence-electron chi connectivity index (χ1n) is 5.78. The standard InChI is InChI=1S/C13H20FNO2/c1-4-15-13(2,8-9-16)12-10(14)6-5-7-11(12)17-3/h5-7,15-16H,4,8-9H2,1-3H3. The third kappa shape index (κ3) is 2.96. The van der Waals surface area contributed by atoms with Crippen molar-refractivity contribution in [3.63, 3.8) is 0 Å². The smallest absolute Gasteiger partial charge is 0.131 e. The second-order valence-corrected chi connectivity index (χ2v) is 4.15. The molecule has 0 aliphatic rings. The largest absolute Gasteiger partial charge is 0.496 e. The van der Waals surface area contributed by atoms with Crippen LogP contribution in [0, 0.1) is 5.82 Å². The van der Waals surface area contributed by atoms with Crippen molar-refractivity contribution in [3.8, 4) is 5.75 Å². The predicted octanol–water partition coefficient (Wildman–Crippen LogP) is 2.04. The topological polar surface area (TPSA) is 41.5 Å². The number of halogens is 1. The summed E-state index contributed by atoms with van der Waals surface area (Å²) >= 11 is 0. The van der Waals surface area contributed by atoms with Crippen LogP contribution in [0.4, 0.5) is 4.39 Å². The summed E-state index contributed by atoms with van der Waals surface area (Å²) in [7, 11) is 1.52. The van der Waals surface area contributed by atoms with E-state index in [2.05, 4.69) is 5.32 Å². The zero-order chi connectivity index (χ0) is 12.9. The summed E-state index contributed by atoms with van der Waals surface area (Å²) in [4.78, 5) is 0. The fourth-order valence-electron chi connectivity index (χ4n) is 2.13. The zero-order valence-corrected chi connectivity index (χ0v) is 10.6. The van der Waals surface area contributed by atoms with Crippen LogP contribution in [0.2, 0.25) is 0 Å². The molecule has 4 heteroatoms. The van der Waals surface area contributed by atoms with Crippen molar-refractivity contribution >= 4 is 0 Å². The van der Waals surface area contributed by atoms with Gasteiger partial charge in [-0.2, -0.15) is 0 Å². The maximum absolute atomic E-state index is 14.0. The van der Waals surface area contributed by atoms with Gasteiger partial charge in [-0.25, -0.2) is 4.39 Å². The summed E-state index contributed by atoms with van der Waals surface area (Å²) in [6, 6.07) is 4.75. The molecular formula is C13H20FNO2. The minimum absolute atomic E-state index is 0.0129. The van der Waals surface area contributed by atoms with E-state index in [1.54, 1.807) is 12.1 Å². The van der Waals surface area contributed by atoms with Crippen LogP contribution in [-0.4, -0.2) is 25.4 Å². The molecule has 0 spiro atoms. The lowest BCUT2D eigenvalue weighted by Gasteiger charge is -2.32. The molecule has 1 aromatic rings. The molecule has 0 aromatic heterocycles. The first-order chi connectivity index (χ1) is 8.09. The van der Waals surface area contributed by atoms with Crippen LogP contribution in [0.25, 0.3) is 0 Å². The normalized spacial score (nSPS) is 14.4. The summed E-state index contributed by atoms with van der Waals surface area (Å²) in [6.45, 7) is 4.49. The molecule has 3 nitrogen and oxygen atoms in total. The Balaban J connectivity index is 3.25. The van der Waals surface area contributed by atoms with Gasteiger partial charge in [-0.3, -0.25) is 0 Å². The molecule has 17 heavy (non-hydrogen) atoms. The first kappa shape index (κ1) is 13.9. The van der Waals surface area contributed by atoms with E-state index in [0.29, 0.717) is 24.3 Å². The SMILES string of the molecule is CCNC(C)(CCO)c1c(F)cccc1OC. The van der Waals surface area contributed by atoms with Crippen molar-refractivity contribution < 1.29 is 14.2 Å². The second kappa shape index (κ2) is 5.98. The van der Waals surface area contributed by atoms with Gasteiger partial charge in [-0.05, 0) is 32.0 Å². The minimum Gasteiger partial charge on any atom is -0.496 e. The Kier molecular flexibility index (Phi) is 4.90. The number of nitrogens with one attached hydrogen (secondary N) is 1. The van der Waals surface area contributed by atoms with Crippen molar-refractivity contribution in [2.45, 2.75) is 25.8 Å². The Bertz CT molecular complexity index is 362. The van der Waals surface area contributed by atoms with Gasteiger partial charge in [0.25, 0.3) is 0 Å². The molecule has 0 heterocycles. The summed E-state index contributed by atoms with van der Waals surface area (Å²) < 4.78 is 19.2. The van der Waals surface area contributed by atoms with E-state index < -0.39 is 5.54 Å². The molecule has 0 radical (unpaired) electrons. The number of ether oxygens (including phenoxy) is 1. The Labute approximate surface area is 102 Å². The Morgan fingerprint density at radius 1 is 1.47 bits per heavy atom. The van der Waals surface area contributed by atoms with Crippen LogP contribution in [0.1, 0.15) is 25.8 Å². The molecule has 0 aliphatic carbocycles. The summed E-state index contributed by atoms with van der Waals surface area (Å²) in [5.74, 6) is 0.183. The fraction of sp³-hybridized carbons (Fsp3) is 0.538. The van der Waals surface area contributed by atoms with E-state index in [9.17, 15) is 4.39 Å². The van der Waals surface area contributed by atoms with E-state index in [-0.39, 0.29) is 12.4 Å². The van der Waals surface area contributed by atoms with Crippen LogP contribution in [0.15, 0.2) is 18.2 Å². The highest BCUT2D eigenvalue weighted by atomic mass is 19.1.